The Kier molecular flexibility index (Phi) is 10.4. The molecule has 2 nitrogen and oxygen atoms in total. The van der Waals surface area contributed by atoms with Crippen molar-refractivity contribution in [3.63, 3.8) is 0 Å². The lowest BCUT2D eigenvalue weighted by atomic mass is 9.60. The molecule has 0 aromatic heterocycles. The van der Waals surface area contributed by atoms with Crippen LogP contribution in [-0.2, 0) is 4.43 Å². The Bertz CT molecular complexity index is 870. The van der Waals surface area contributed by atoms with E-state index in [0.29, 0.717) is 36.0 Å². The molecule has 3 fully saturated rings. The number of rotatable bonds is 11. The molecular weight excluding hydrogens is 468 g/mol. The molecule has 0 bridgehead atoms. The second-order valence-corrected chi connectivity index (χ2v) is 18.3. The lowest BCUT2D eigenvalue weighted by Crippen LogP contribution is -2.48. The van der Waals surface area contributed by atoms with E-state index in [0.717, 1.165) is 36.9 Å². The number of hydrogen-bond donors (Lipinski definition) is 1. The van der Waals surface area contributed by atoms with Crippen molar-refractivity contribution >= 4 is 8.32 Å². The summed E-state index contributed by atoms with van der Waals surface area (Å²) in [6.45, 7) is 25.5. The fourth-order valence-electron chi connectivity index (χ4n) is 8.16. The van der Waals surface area contributed by atoms with E-state index in [1.165, 1.54) is 55.2 Å². The van der Waals surface area contributed by atoms with Crippen molar-refractivity contribution in [1.82, 2.24) is 0 Å². The predicted octanol–water partition coefficient (Wildman–Crippen LogP) is 10.1. The van der Waals surface area contributed by atoms with Crippen LogP contribution >= 0.6 is 0 Å². The van der Waals surface area contributed by atoms with Gasteiger partial charge in [0, 0.05) is 12.8 Å². The average molecular weight is 527 g/mol. The van der Waals surface area contributed by atoms with E-state index in [2.05, 4.69) is 73.8 Å². The highest BCUT2D eigenvalue weighted by molar-refractivity contribution is 6.73. The third-order valence-corrected chi connectivity index (χ3v) is 15.3. The molecule has 0 aliphatic heterocycles. The summed E-state index contributed by atoms with van der Waals surface area (Å²) in [6, 6.07) is 3.19. The van der Waals surface area contributed by atoms with Gasteiger partial charge in [0.25, 0.3) is 0 Å². The van der Waals surface area contributed by atoms with Gasteiger partial charge in [-0.2, -0.15) is 0 Å². The topological polar surface area (TPSA) is 29.5 Å². The monoisotopic (exact) mass is 526 g/mol. The second kappa shape index (κ2) is 12.5. The summed E-state index contributed by atoms with van der Waals surface area (Å²) in [4.78, 5) is 0. The normalized spacial score (nSPS) is 34.0. The van der Waals surface area contributed by atoms with E-state index < -0.39 is 14.1 Å². The van der Waals surface area contributed by atoms with Crippen LogP contribution in [0.2, 0.25) is 18.1 Å². The largest absolute Gasteiger partial charge is 0.390 e. The maximum Gasteiger partial charge on any atom is 0.195 e. The zero-order chi connectivity index (χ0) is 27.4. The van der Waals surface area contributed by atoms with Gasteiger partial charge in [-0.15, -0.1) is 0 Å². The number of fused-ring (bicyclic) bond motifs is 1. The fraction of sp³-hybridized carbons (Fsp3) is 0.765. The maximum absolute atomic E-state index is 11.6. The van der Waals surface area contributed by atoms with Gasteiger partial charge in [0.1, 0.15) is 0 Å². The molecule has 5 atom stereocenters. The summed E-state index contributed by atoms with van der Waals surface area (Å²) in [5, 5.41) is 11.6. The van der Waals surface area contributed by atoms with Crippen molar-refractivity contribution < 1.29 is 9.53 Å². The highest BCUT2D eigenvalue weighted by Gasteiger charge is 2.52. The molecule has 0 aromatic rings. The van der Waals surface area contributed by atoms with Gasteiger partial charge in [-0.1, -0.05) is 110 Å². The van der Waals surface area contributed by atoms with Crippen LogP contribution in [0.3, 0.4) is 0 Å². The van der Waals surface area contributed by atoms with Crippen molar-refractivity contribution in [2.45, 2.75) is 137 Å². The van der Waals surface area contributed by atoms with Crippen LogP contribution in [0, 0.1) is 29.1 Å². The predicted molar refractivity (Wildman–Crippen MR) is 163 cm³/mol. The van der Waals surface area contributed by atoms with Crippen LogP contribution in [0.5, 0.6) is 0 Å². The van der Waals surface area contributed by atoms with Gasteiger partial charge < -0.3 is 9.53 Å². The van der Waals surface area contributed by atoms with Crippen LogP contribution in [-0.4, -0.2) is 19.2 Å². The summed E-state index contributed by atoms with van der Waals surface area (Å²) in [5.74, 6) is 1.72. The molecule has 0 saturated heterocycles. The molecule has 210 valence electrons. The van der Waals surface area contributed by atoms with Crippen LogP contribution in [0.1, 0.15) is 113 Å². The molecule has 1 N–H and O–H groups in total. The lowest BCUT2D eigenvalue weighted by Gasteiger charge is -2.44. The zero-order valence-electron chi connectivity index (χ0n) is 25.4. The Morgan fingerprint density at radius 1 is 1.03 bits per heavy atom. The number of allylic oxidation sites excluding steroid dienone is 5. The summed E-state index contributed by atoms with van der Waals surface area (Å²) >= 11 is 0. The molecule has 0 radical (unpaired) electrons. The maximum atomic E-state index is 11.6. The molecule has 0 unspecified atom stereocenters. The van der Waals surface area contributed by atoms with Gasteiger partial charge in [-0.05, 0) is 84.9 Å². The first-order valence-corrected chi connectivity index (χ1v) is 18.1. The van der Waals surface area contributed by atoms with Crippen molar-refractivity contribution in [3.05, 3.63) is 47.6 Å². The Hall–Kier alpha value is -0.903. The van der Waals surface area contributed by atoms with Crippen LogP contribution < -0.4 is 0 Å². The zero-order valence-corrected chi connectivity index (χ0v) is 26.4. The van der Waals surface area contributed by atoms with E-state index in [4.69, 9.17) is 4.43 Å². The van der Waals surface area contributed by atoms with E-state index in [-0.39, 0.29) is 0 Å². The van der Waals surface area contributed by atoms with Crippen LogP contribution in [0.25, 0.3) is 0 Å². The van der Waals surface area contributed by atoms with Crippen molar-refractivity contribution in [1.29, 1.82) is 0 Å². The van der Waals surface area contributed by atoms with Gasteiger partial charge >= 0.3 is 0 Å². The lowest BCUT2D eigenvalue weighted by molar-refractivity contribution is -0.153. The first-order valence-electron chi connectivity index (χ1n) is 15.6. The quantitative estimate of drug-likeness (QED) is 0.165. The van der Waals surface area contributed by atoms with Crippen LogP contribution in [0.15, 0.2) is 47.6 Å². The van der Waals surface area contributed by atoms with E-state index in [1.54, 1.807) is 5.57 Å². The molecule has 3 rings (SSSR count). The summed E-state index contributed by atoms with van der Waals surface area (Å²) in [7, 11) is -1.89. The fourth-order valence-corrected chi connectivity index (χ4v) is 11.1. The molecular formula is C34H58O2Si. The SMILES string of the molecule is C=C1CC[C@](O)(O[Si](CC)(CC)CC)C/C1=C/C=C1\CCC[C@]2(C)[C@H]1CC(=C)[C@H]2[C@H](C)CCCC(C)C. The Morgan fingerprint density at radius 2 is 1.70 bits per heavy atom. The third-order valence-electron chi connectivity index (χ3n) is 10.6. The summed E-state index contributed by atoms with van der Waals surface area (Å²) in [6.07, 6.45) is 15.7. The molecule has 37 heavy (non-hydrogen) atoms. The molecule has 3 saturated carbocycles. The second-order valence-electron chi connectivity index (χ2n) is 13.6. The van der Waals surface area contributed by atoms with Crippen molar-refractivity contribution in [3.8, 4) is 0 Å². The minimum atomic E-state index is -1.89. The minimum absolute atomic E-state index is 0.332. The van der Waals surface area contributed by atoms with Gasteiger partial charge in [0.05, 0.1) is 0 Å². The Balaban J connectivity index is 1.79. The number of aliphatic hydroxyl groups is 1. The average Bonchev–Trinajstić information content (AvgIpc) is 3.13. The standard InChI is InChI=1S/C34H58O2Si/c1-10-37(11-2,12-3)36-34(35)22-20-26(6)30(24-34)19-18-29-17-14-21-33(9)31(29)23-28(8)32(33)27(7)16-13-15-25(4)5/h18-19,25,27,31-32,35H,6,8,10-17,20-24H2,1-5,7,9H3/b29-18+,30-19-/t27-,31+,32-,33-,34+/m1/s1. The van der Waals surface area contributed by atoms with Gasteiger partial charge in [0.2, 0.25) is 0 Å². The molecule has 3 aliphatic carbocycles. The summed E-state index contributed by atoms with van der Waals surface area (Å²) in [5.41, 5.74) is 5.79. The first-order chi connectivity index (χ1) is 17.4. The van der Waals surface area contributed by atoms with E-state index in [9.17, 15) is 5.11 Å². The van der Waals surface area contributed by atoms with E-state index in [1.807, 2.05) is 0 Å². The van der Waals surface area contributed by atoms with E-state index >= 15 is 0 Å². The molecule has 0 spiro atoms. The van der Waals surface area contributed by atoms with Gasteiger partial charge in [-0.25, -0.2) is 0 Å². The summed E-state index contributed by atoms with van der Waals surface area (Å²) < 4.78 is 6.65. The highest BCUT2D eigenvalue weighted by atomic mass is 28.4. The van der Waals surface area contributed by atoms with Gasteiger partial charge in [0.15, 0.2) is 14.1 Å². The van der Waals surface area contributed by atoms with Crippen molar-refractivity contribution in [2.75, 3.05) is 0 Å². The number of hydrogen-bond acceptors (Lipinski definition) is 2. The smallest absolute Gasteiger partial charge is 0.195 e. The first kappa shape index (κ1) is 30.6. The molecule has 0 aromatic carbocycles. The molecule has 0 amide bonds. The molecule has 3 heteroatoms. The Labute approximate surface area is 230 Å². The third kappa shape index (κ3) is 6.82. The Morgan fingerprint density at radius 3 is 2.32 bits per heavy atom. The van der Waals surface area contributed by atoms with Crippen molar-refractivity contribution in [2.24, 2.45) is 29.1 Å². The van der Waals surface area contributed by atoms with Gasteiger partial charge in [-0.3, -0.25) is 0 Å². The highest BCUT2D eigenvalue weighted by Crippen LogP contribution is 2.61. The van der Waals surface area contributed by atoms with Crippen LogP contribution in [0.4, 0.5) is 0 Å². The molecule has 0 heterocycles. The molecule has 3 aliphatic rings. The minimum Gasteiger partial charge on any atom is -0.390 e.